The number of hydrogen-bond acceptors (Lipinski definition) is 18. The van der Waals surface area contributed by atoms with Gasteiger partial charge < -0.3 is 89.9 Å². The lowest BCUT2D eigenvalue weighted by molar-refractivity contribution is -0.379. The van der Waals surface area contributed by atoms with E-state index in [1.165, 1.54) is 122 Å². The quantitative estimate of drug-likeness (QED) is 0.0298. The molecule has 0 aromatic rings. The van der Waals surface area contributed by atoms with Crippen molar-refractivity contribution in [3.8, 4) is 0 Å². The highest BCUT2D eigenvalue weighted by atomic mass is 16.8. The van der Waals surface area contributed by atoms with E-state index >= 15 is 0 Å². The summed E-state index contributed by atoms with van der Waals surface area (Å²) in [5, 5.41) is 120. The molecule has 0 aliphatic carbocycles. The average molecular weight is 1080 g/mol. The highest BCUT2D eigenvalue weighted by Crippen LogP contribution is 2.33. The largest absolute Gasteiger partial charge is 0.394 e. The smallest absolute Gasteiger partial charge is 0.220 e. The van der Waals surface area contributed by atoms with Crippen molar-refractivity contribution in [1.29, 1.82) is 0 Å². The zero-order valence-corrected chi connectivity index (χ0v) is 45.5. The van der Waals surface area contributed by atoms with Gasteiger partial charge in [0.25, 0.3) is 0 Å². The maximum absolute atomic E-state index is 13.2. The van der Waals surface area contributed by atoms with Crippen LogP contribution in [-0.2, 0) is 33.2 Å². The molecule has 12 N–H and O–H groups in total. The van der Waals surface area contributed by atoms with Gasteiger partial charge in [-0.1, -0.05) is 186 Å². The fourth-order valence-corrected chi connectivity index (χ4v) is 9.92. The van der Waals surface area contributed by atoms with Crippen LogP contribution in [0.25, 0.3) is 0 Å². The van der Waals surface area contributed by atoms with E-state index in [1.807, 2.05) is 6.08 Å². The van der Waals surface area contributed by atoms with Crippen molar-refractivity contribution in [1.82, 2.24) is 5.32 Å². The summed E-state index contributed by atoms with van der Waals surface area (Å²) in [6.07, 6.45) is 13.7. The molecule has 3 fully saturated rings. The number of rotatable bonds is 42. The van der Waals surface area contributed by atoms with Crippen molar-refractivity contribution in [2.75, 3.05) is 26.4 Å². The minimum Gasteiger partial charge on any atom is -0.394 e. The van der Waals surface area contributed by atoms with E-state index in [9.17, 15) is 61.0 Å². The summed E-state index contributed by atoms with van der Waals surface area (Å²) in [6, 6.07) is -0.982. The van der Waals surface area contributed by atoms with Crippen molar-refractivity contribution < 1.29 is 89.4 Å². The van der Waals surface area contributed by atoms with Gasteiger partial charge in [-0.25, -0.2) is 0 Å². The number of aliphatic hydroxyl groups is 11. The molecule has 0 bridgehead atoms. The van der Waals surface area contributed by atoms with Crippen LogP contribution in [0.5, 0.6) is 0 Å². The molecule has 3 heterocycles. The van der Waals surface area contributed by atoms with Gasteiger partial charge in [0.1, 0.15) is 73.2 Å². The van der Waals surface area contributed by atoms with Crippen LogP contribution in [0.1, 0.15) is 194 Å². The monoisotopic (exact) mass is 1080 g/mol. The highest BCUT2D eigenvalue weighted by Gasteiger charge is 2.53. The SMILES string of the molecule is CCC/C=C/CC/C=C/C(O)C(COC1OC(CO)C(OC2OC(CO)C(OC3OC(CO)C(O)C(O)C3O)C(O)C2O)C(O)C1O)NC(=O)CCCCCCCCCCCCCCCCCCCCCCCCC. The Balaban J connectivity index is 1.42. The van der Waals surface area contributed by atoms with Crippen molar-refractivity contribution in [3.63, 3.8) is 0 Å². The number of ether oxygens (including phenoxy) is 6. The molecule has 19 heteroatoms. The van der Waals surface area contributed by atoms with Gasteiger partial charge >= 0.3 is 0 Å². The van der Waals surface area contributed by atoms with Crippen LogP contribution < -0.4 is 5.32 Å². The van der Waals surface area contributed by atoms with E-state index < -0.39 is 124 Å². The molecular weight excluding hydrogens is 975 g/mol. The number of nitrogens with one attached hydrogen (secondary N) is 1. The molecule has 17 unspecified atom stereocenters. The molecule has 0 radical (unpaired) electrons. The average Bonchev–Trinajstić information content (AvgIpc) is 3.41. The Bertz CT molecular complexity index is 1480. The van der Waals surface area contributed by atoms with Gasteiger partial charge in [0.05, 0.1) is 38.6 Å². The van der Waals surface area contributed by atoms with E-state index in [2.05, 4.69) is 31.3 Å². The molecule has 0 saturated carbocycles. The summed E-state index contributed by atoms with van der Waals surface area (Å²) in [4.78, 5) is 13.2. The zero-order chi connectivity index (χ0) is 54.8. The van der Waals surface area contributed by atoms with E-state index in [1.54, 1.807) is 6.08 Å². The Morgan fingerprint density at radius 2 is 0.853 bits per heavy atom. The second-order valence-corrected chi connectivity index (χ2v) is 21.1. The van der Waals surface area contributed by atoms with Crippen LogP contribution in [-0.4, -0.2) is 193 Å². The Morgan fingerprint density at radius 3 is 1.31 bits per heavy atom. The number of allylic oxidation sites excluding steroid dienone is 3. The molecule has 440 valence electrons. The maximum Gasteiger partial charge on any atom is 0.220 e. The predicted molar refractivity (Wildman–Crippen MR) is 282 cm³/mol. The molecule has 0 aromatic heterocycles. The molecule has 3 aliphatic heterocycles. The molecule has 1 amide bonds. The van der Waals surface area contributed by atoms with Crippen molar-refractivity contribution >= 4 is 5.91 Å². The lowest BCUT2D eigenvalue weighted by Gasteiger charge is -2.48. The van der Waals surface area contributed by atoms with Gasteiger partial charge in [0, 0.05) is 6.42 Å². The van der Waals surface area contributed by atoms with Gasteiger partial charge in [-0.15, -0.1) is 0 Å². The van der Waals surface area contributed by atoms with Crippen LogP contribution in [0.15, 0.2) is 24.3 Å². The number of aliphatic hydroxyl groups excluding tert-OH is 11. The predicted octanol–water partition coefficient (Wildman–Crippen LogP) is 4.37. The lowest BCUT2D eigenvalue weighted by atomic mass is 9.96. The molecule has 75 heavy (non-hydrogen) atoms. The maximum atomic E-state index is 13.2. The van der Waals surface area contributed by atoms with Crippen LogP contribution in [0.2, 0.25) is 0 Å². The third-order valence-electron chi connectivity index (χ3n) is 14.7. The van der Waals surface area contributed by atoms with Crippen molar-refractivity contribution in [2.24, 2.45) is 0 Å². The topological polar surface area (TPSA) is 307 Å². The van der Waals surface area contributed by atoms with E-state index in [0.29, 0.717) is 12.8 Å². The summed E-state index contributed by atoms with van der Waals surface area (Å²) < 4.78 is 34.1. The third kappa shape index (κ3) is 25.1. The second kappa shape index (κ2) is 40.4. The Hall–Kier alpha value is -1.73. The molecule has 17 atom stereocenters. The van der Waals surface area contributed by atoms with Gasteiger partial charge in [0.2, 0.25) is 5.91 Å². The molecule has 0 spiro atoms. The van der Waals surface area contributed by atoms with E-state index in [0.717, 1.165) is 38.5 Å². The van der Waals surface area contributed by atoms with Crippen LogP contribution in [0.4, 0.5) is 0 Å². The third-order valence-corrected chi connectivity index (χ3v) is 14.7. The van der Waals surface area contributed by atoms with Gasteiger partial charge in [-0.2, -0.15) is 0 Å². The molecular formula is C56H103NO18. The number of carbonyl (C=O) groups is 1. The minimum atomic E-state index is -1.98. The number of unbranched alkanes of at least 4 members (excludes halogenated alkanes) is 24. The highest BCUT2D eigenvalue weighted by molar-refractivity contribution is 5.76. The molecule has 0 aromatic carbocycles. The zero-order valence-electron chi connectivity index (χ0n) is 45.5. The minimum absolute atomic E-state index is 0.239. The molecule has 3 aliphatic rings. The van der Waals surface area contributed by atoms with Crippen LogP contribution in [0, 0.1) is 0 Å². The van der Waals surface area contributed by atoms with Gasteiger partial charge in [0.15, 0.2) is 18.9 Å². The summed E-state index contributed by atoms with van der Waals surface area (Å²) in [5.41, 5.74) is 0. The van der Waals surface area contributed by atoms with Crippen molar-refractivity contribution in [2.45, 2.75) is 298 Å². The normalized spacial score (nSPS) is 31.3. The Kier molecular flexibility index (Phi) is 36.4. The Labute approximate surface area is 448 Å². The molecule has 3 rings (SSSR count). The first kappa shape index (κ1) is 67.5. The summed E-state index contributed by atoms with van der Waals surface area (Å²) in [7, 11) is 0. The van der Waals surface area contributed by atoms with Crippen LogP contribution >= 0.6 is 0 Å². The molecule has 19 nitrogen and oxygen atoms in total. The van der Waals surface area contributed by atoms with Gasteiger partial charge in [-0.05, 0) is 25.7 Å². The van der Waals surface area contributed by atoms with Crippen LogP contribution in [0.3, 0.4) is 0 Å². The fraction of sp³-hybridized carbons (Fsp3) is 0.911. The first-order chi connectivity index (χ1) is 36.3. The van der Waals surface area contributed by atoms with Gasteiger partial charge in [-0.3, -0.25) is 4.79 Å². The number of amides is 1. The molecule has 3 saturated heterocycles. The Morgan fingerprint density at radius 1 is 0.467 bits per heavy atom. The second-order valence-electron chi connectivity index (χ2n) is 21.1. The number of hydrogen-bond donors (Lipinski definition) is 12. The summed E-state index contributed by atoms with van der Waals surface area (Å²) in [5.74, 6) is -0.288. The standard InChI is InChI=1S/C56H103NO18/c1-3-5-7-9-11-12-13-14-15-16-17-18-19-20-21-22-23-24-25-26-28-30-32-34-44(62)57-39(40(61)33-31-29-27-10-8-6-4-2)38-70-54-50(68)47(65)52(42(36-59)72-54)75-56-51(69)48(66)53(43(37-60)73-56)74-55-49(67)46(64)45(63)41(35-58)71-55/h8,10,31,33,39-43,45-56,58-61,63-69H,3-7,9,11-30,32,34-38H2,1-2H3,(H,57,62)/b10-8+,33-31+. The first-order valence-electron chi connectivity index (χ1n) is 29.1. The fourth-order valence-electron chi connectivity index (χ4n) is 9.92. The number of carbonyl (C=O) groups excluding carboxylic acids is 1. The first-order valence-corrected chi connectivity index (χ1v) is 29.1. The van der Waals surface area contributed by atoms with E-state index in [4.69, 9.17) is 28.4 Å². The van der Waals surface area contributed by atoms with Crippen molar-refractivity contribution in [3.05, 3.63) is 24.3 Å². The summed E-state index contributed by atoms with van der Waals surface area (Å²) in [6.45, 7) is 1.58. The lowest BCUT2D eigenvalue weighted by Crippen LogP contribution is -2.66. The summed E-state index contributed by atoms with van der Waals surface area (Å²) >= 11 is 0. The van der Waals surface area contributed by atoms with E-state index in [-0.39, 0.29) is 18.9 Å².